The Morgan fingerprint density at radius 2 is 0.760 bits per heavy atom. The molecule has 0 spiro atoms. The topological polar surface area (TPSA) is 273 Å². The second kappa shape index (κ2) is 45.8. The van der Waals surface area contributed by atoms with Crippen LogP contribution in [0.1, 0.15) is 299 Å². The standard InChI is InChI=1S/C30H26F2N2O2S.C30H27FN2O3S.C29H27N3O3S.C28H27F2N3O2S/c1-3-21-12-14-28(37-21)27(36)16-18-7-5-8-20(15-18)34-25-13-11-19(26(35)4-2)17-24(25)33-30(34)29-22(31)9-6-10-23(29)32;1-3-21-12-14-28(37-21)27(36)16-18-7-5-8-20(15-18)33-24-13-11-19(25(34)4-2)17-23(24)32-30(33)29-22(31)9-6-10-26(29)35;1-3-22-10-13-28(36-22)27(35)15-18-6-5-7-20(14-18)32-25-12-8-19(26(34)4-2)16-24(25)31-29(32)23-11-9-21(33)17-30-23;1-3-25(34)17-8-11-24-23(13-17)32-27(21-14-18(29)9-10-22(21)30)33(24)20-6-4-5-19(15-20)31-28(35)26-12-7-16(2)36-26/h1,6,9-14,17-18,20H,4-5,7-8,15-16H2,2H3;1,6,9-14,17-18,20,35H,4-5,7-8,15-16H2,2H3;1,8-13,16-18,20,33H,4-7,14-15H2,2H3;7-14,19-20H,3-6,15H2,1-2H3,(H,31,35)/t3*18-,20+;19-,20+/m1111/s1. The van der Waals surface area contributed by atoms with Crippen molar-refractivity contribution in [3.63, 3.8) is 0 Å². The van der Waals surface area contributed by atoms with E-state index in [4.69, 9.17) is 34.2 Å². The average Bonchev–Trinajstić information content (AvgIpc) is 1.62. The molecule has 0 radical (unpaired) electrons. The van der Waals surface area contributed by atoms with E-state index in [0.29, 0.717) is 134 Å². The zero-order chi connectivity index (χ0) is 103. The highest BCUT2D eigenvalue weighted by atomic mass is 32.1. The number of fused-ring (bicyclic) bond motifs is 4. The molecule has 7 aromatic carbocycles. The number of nitrogens with zero attached hydrogens (tertiary/aromatic N) is 9. The number of halogens is 5. The van der Waals surface area contributed by atoms with Crippen LogP contribution in [-0.2, 0) is 0 Å². The minimum Gasteiger partial charge on any atom is -0.507 e. The third kappa shape index (κ3) is 22.7. The van der Waals surface area contributed by atoms with Crippen LogP contribution in [0, 0.1) is 90.8 Å². The number of Topliss-reactive ketones (excluding diaryl/α,β-unsaturated/α-hetero) is 7. The third-order valence-corrected chi connectivity index (χ3v) is 32.2. The van der Waals surface area contributed by atoms with Gasteiger partial charge in [0, 0.05) is 102 Å². The maximum Gasteiger partial charge on any atom is 0.261 e. The number of hydrogen-bond acceptors (Lipinski definition) is 19. The molecule has 0 saturated heterocycles. The number of terminal acetylenes is 3. The normalized spacial score (nSPS) is 17.7. The number of pyridine rings is 1. The number of carbonyl (C=O) groups is 8. The molecule has 146 heavy (non-hydrogen) atoms. The van der Waals surface area contributed by atoms with Crippen LogP contribution in [0.4, 0.5) is 22.0 Å². The maximum atomic E-state index is 15.0. The molecule has 0 unspecified atom stereocenters. The van der Waals surface area contributed by atoms with Crippen molar-refractivity contribution in [3.8, 4) is 94.2 Å². The van der Waals surface area contributed by atoms with Gasteiger partial charge in [-0.2, -0.15) is 0 Å². The lowest BCUT2D eigenvalue weighted by Gasteiger charge is -2.32. The number of hydrogen-bond donors (Lipinski definition) is 3. The SMILES string of the molecule is C#Cc1ccc(C(=O)C[C@@H]2CCC[C@H](n3c(-c4c(F)cccc4F)nc4cc(C(=O)CC)ccc43)C2)s1.C#Cc1ccc(C(=O)C[C@@H]2CCC[C@H](n3c(-c4c(O)cccc4F)nc4cc(C(=O)CC)ccc43)C2)s1.C#Cc1ccc(C(=O)C[C@@H]2CCC[C@H](n3c(-c4ccc(O)cn4)nc4cc(C(=O)CC)ccc43)C2)s1.CCC(=O)c1ccc2c(c1)nc(-c1cc(F)ccc1F)n2[C@H]1CCC[C@@H](NC(=O)c2ccc(C)s2)C1. The van der Waals surface area contributed by atoms with Crippen LogP contribution in [0.5, 0.6) is 11.5 Å². The zero-order valence-electron chi connectivity index (χ0n) is 81.3. The van der Waals surface area contributed by atoms with E-state index in [0.717, 1.165) is 160 Å². The molecular formula is C117H107F5N10O10S4. The number of benzene rings is 7. The number of nitrogens with one attached hydrogen (secondary N) is 1. The predicted octanol–water partition coefficient (Wildman–Crippen LogP) is 28.1. The lowest BCUT2D eigenvalue weighted by molar-refractivity contribution is 0.0919. The van der Waals surface area contributed by atoms with E-state index in [9.17, 15) is 66.1 Å². The number of ketones is 7. The summed E-state index contributed by atoms with van der Waals surface area (Å²) in [4.78, 5) is 130. The quantitative estimate of drug-likeness (QED) is 0.0245. The van der Waals surface area contributed by atoms with Crippen LogP contribution in [0.15, 0.2) is 194 Å². The van der Waals surface area contributed by atoms with Crippen LogP contribution in [0.25, 0.3) is 89.8 Å². The molecule has 16 aromatic rings. The fraction of sp³-hybridized carbons (Fsp3) is 0.308. The van der Waals surface area contributed by atoms with Gasteiger partial charge in [0.1, 0.15) is 63.8 Å². The van der Waals surface area contributed by atoms with E-state index in [2.05, 4.69) is 37.6 Å². The monoisotopic (exact) mass is 2030 g/mol. The minimum atomic E-state index is -0.689. The van der Waals surface area contributed by atoms with Gasteiger partial charge >= 0.3 is 0 Å². The summed E-state index contributed by atoms with van der Waals surface area (Å²) in [5, 5.41) is 23.5. The number of aromatic nitrogens is 9. The van der Waals surface area contributed by atoms with E-state index in [-0.39, 0.29) is 128 Å². The van der Waals surface area contributed by atoms with Crippen molar-refractivity contribution in [2.45, 2.75) is 213 Å². The highest BCUT2D eigenvalue weighted by Crippen LogP contribution is 2.48. The molecule has 20 nitrogen and oxygen atoms in total. The molecule has 1 amide bonds. The number of thiophene rings is 4. The molecule has 4 saturated carbocycles. The van der Waals surface area contributed by atoms with Crippen LogP contribution in [-0.4, -0.2) is 106 Å². The highest BCUT2D eigenvalue weighted by Gasteiger charge is 2.37. The van der Waals surface area contributed by atoms with E-state index < -0.39 is 29.1 Å². The van der Waals surface area contributed by atoms with E-state index in [1.54, 1.807) is 93.6 Å². The minimum absolute atomic E-state index is 0.00421. The van der Waals surface area contributed by atoms with Crippen molar-refractivity contribution in [1.29, 1.82) is 0 Å². The summed E-state index contributed by atoms with van der Waals surface area (Å²) in [5.41, 5.74) is 8.48. The molecule has 9 aromatic heterocycles. The van der Waals surface area contributed by atoms with E-state index >= 15 is 4.39 Å². The van der Waals surface area contributed by atoms with Crippen molar-refractivity contribution < 1.29 is 70.5 Å². The first-order valence-corrected chi connectivity index (χ1v) is 52.8. The summed E-state index contributed by atoms with van der Waals surface area (Å²) in [6.07, 6.45) is 34.3. The van der Waals surface area contributed by atoms with E-state index in [1.807, 2.05) is 88.2 Å². The predicted molar refractivity (Wildman–Crippen MR) is 564 cm³/mol. The number of phenolic OH excluding ortho intramolecular Hbond substituents is 1. The number of amides is 1. The Hall–Kier alpha value is -14.5. The number of imidazole rings is 4. The summed E-state index contributed by atoms with van der Waals surface area (Å²) in [6, 6.07) is 50.8. The fourth-order valence-corrected chi connectivity index (χ4v) is 24.0. The summed E-state index contributed by atoms with van der Waals surface area (Å²) in [6.45, 7) is 9.21. The molecule has 744 valence electrons. The first-order chi connectivity index (χ1) is 70.6. The molecule has 0 bridgehead atoms. The van der Waals surface area contributed by atoms with Crippen LogP contribution < -0.4 is 5.32 Å². The first-order valence-electron chi connectivity index (χ1n) is 49.5. The largest absolute Gasteiger partial charge is 0.507 e. The lowest BCUT2D eigenvalue weighted by atomic mass is 9.82. The van der Waals surface area contributed by atoms with Gasteiger partial charge in [-0.1, -0.05) is 76.9 Å². The van der Waals surface area contributed by atoms with Gasteiger partial charge in [-0.05, 0) is 284 Å². The molecule has 9 heterocycles. The highest BCUT2D eigenvalue weighted by molar-refractivity contribution is 7.15. The molecule has 20 rings (SSSR count). The Morgan fingerprint density at radius 1 is 0.384 bits per heavy atom. The molecular weight excluding hydrogens is 1930 g/mol. The molecule has 3 N–H and O–H groups in total. The summed E-state index contributed by atoms with van der Waals surface area (Å²) < 4.78 is 82.0. The van der Waals surface area contributed by atoms with Gasteiger partial charge < -0.3 is 33.8 Å². The Morgan fingerprint density at radius 3 is 1.15 bits per heavy atom. The lowest BCUT2D eigenvalue weighted by Crippen LogP contribution is -2.38. The van der Waals surface area contributed by atoms with Gasteiger partial charge in [-0.15, -0.1) is 64.6 Å². The van der Waals surface area contributed by atoms with Gasteiger partial charge in [0.2, 0.25) is 0 Å². The molecule has 0 aliphatic heterocycles. The zero-order valence-corrected chi connectivity index (χ0v) is 84.6. The van der Waals surface area contributed by atoms with Gasteiger partial charge in [0.25, 0.3) is 5.91 Å². The molecule has 8 atom stereocenters. The van der Waals surface area contributed by atoms with Crippen molar-refractivity contribution in [2.75, 3.05) is 0 Å². The molecule has 4 aliphatic carbocycles. The number of phenols is 1. The average molecular weight is 2040 g/mol. The Bertz CT molecular complexity index is 7570. The number of aryl methyl sites for hydroxylation is 1. The number of carbonyl (C=O) groups excluding carboxylic acids is 8. The Labute approximate surface area is 858 Å². The van der Waals surface area contributed by atoms with Gasteiger partial charge in [0.05, 0.1) is 101 Å². The van der Waals surface area contributed by atoms with Gasteiger partial charge in [-0.3, -0.25) is 38.4 Å². The van der Waals surface area contributed by atoms with Crippen LogP contribution in [0.3, 0.4) is 0 Å². The van der Waals surface area contributed by atoms with Crippen molar-refractivity contribution >= 4 is 136 Å². The fourth-order valence-electron chi connectivity index (χ4n) is 20.9. The Balaban J connectivity index is 0.000000133. The van der Waals surface area contributed by atoms with Crippen LogP contribution in [0.2, 0.25) is 0 Å². The molecule has 4 fully saturated rings. The van der Waals surface area contributed by atoms with Crippen molar-refractivity contribution in [1.82, 2.24) is 48.5 Å². The Kier molecular flexibility index (Phi) is 32.3. The second-order valence-corrected chi connectivity index (χ2v) is 42.2. The first kappa shape index (κ1) is 103. The smallest absolute Gasteiger partial charge is 0.261 e. The van der Waals surface area contributed by atoms with Crippen LogP contribution >= 0.6 is 45.3 Å². The third-order valence-electron chi connectivity index (χ3n) is 28.0. The van der Waals surface area contributed by atoms with E-state index in [1.165, 1.54) is 87.9 Å². The summed E-state index contributed by atoms with van der Waals surface area (Å²) >= 11 is 5.51. The molecule has 29 heteroatoms. The van der Waals surface area contributed by atoms with Gasteiger partial charge in [0.15, 0.2) is 46.3 Å². The summed E-state index contributed by atoms with van der Waals surface area (Å²) in [5.74, 6) is 6.97. The molecule has 4 aliphatic rings. The van der Waals surface area contributed by atoms with Crippen molar-refractivity contribution in [3.05, 3.63) is 285 Å². The maximum absolute atomic E-state index is 15.0. The van der Waals surface area contributed by atoms with Gasteiger partial charge in [-0.25, -0.2) is 46.9 Å². The van der Waals surface area contributed by atoms with Crippen molar-refractivity contribution in [2.24, 2.45) is 17.8 Å². The number of rotatable bonds is 27. The summed E-state index contributed by atoms with van der Waals surface area (Å²) in [7, 11) is 0. The second-order valence-electron chi connectivity index (χ2n) is 37.7. The number of aromatic hydroxyl groups is 2.